The van der Waals surface area contributed by atoms with E-state index in [1.165, 1.54) is 0 Å². The van der Waals surface area contributed by atoms with Gasteiger partial charge in [0, 0.05) is 10.7 Å². The van der Waals surface area contributed by atoms with Crippen molar-refractivity contribution < 1.29 is 4.79 Å². The third-order valence-electron chi connectivity index (χ3n) is 4.16. The highest BCUT2D eigenvalue weighted by molar-refractivity contribution is 6.31. The van der Waals surface area contributed by atoms with Crippen LogP contribution in [-0.2, 0) is 0 Å². The van der Waals surface area contributed by atoms with Gasteiger partial charge >= 0.3 is 6.03 Å². The summed E-state index contributed by atoms with van der Waals surface area (Å²) in [7, 11) is 0. The predicted octanol–water partition coefficient (Wildman–Crippen LogP) is 7.32. The summed E-state index contributed by atoms with van der Waals surface area (Å²) in [4.78, 5) is 12.5. The molecule has 2 amide bonds. The fourth-order valence-corrected chi connectivity index (χ4v) is 2.74. The van der Waals surface area contributed by atoms with Crippen LogP contribution >= 0.6 is 11.6 Å². The third kappa shape index (κ3) is 5.18. The van der Waals surface area contributed by atoms with Crippen molar-refractivity contribution in [1.82, 2.24) is 0 Å². The number of anilines is 2. The maximum Gasteiger partial charge on any atom is 0.323 e. The fourth-order valence-electron chi connectivity index (χ4n) is 2.57. The minimum atomic E-state index is -0.372. The molecular weight excluding hydrogens is 372 g/mol. The van der Waals surface area contributed by atoms with Crippen LogP contribution in [0.1, 0.15) is 16.7 Å². The number of carbonyl (C=O) groups is 1. The van der Waals surface area contributed by atoms with Crippen LogP contribution in [0.5, 0.6) is 0 Å². The Kier molecular flexibility index (Phi) is 6.06. The number of amides is 2. The van der Waals surface area contributed by atoms with Gasteiger partial charge in [0.25, 0.3) is 0 Å². The minimum absolute atomic E-state index is 0.372. The lowest BCUT2D eigenvalue weighted by Crippen LogP contribution is -2.20. The molecule has 0 spiro atoms. The van der Waals surface area contributed by atoms with Crippen molar-refractivity contribution in [1.29, 1.82) is 0 Å². The SMILES string of the molecule is Cc1ccc(/N=N/c2ccc(C)cc2NC(=O)Nc2cc(Cl)ccc2C)cc1. The number of aryl methyl sites for hydroxylation is 3. The van der Waals surface area contributed by atoms with E-state index in [1.54, 1.807) is 12.1 Å². The number of hydrogen-bond acceptors (Lipinski definition) is 3. The van der Waals surface area contributed by atoms with Crippen molar-refractivity contribution in [3.05, 3.63) is 82.4 Å². The van der Waals surface area contributed by atoms with E-state index in [1.807, 2.05) is 69.3 Å². The summed E-state index contributed by atoms with van der Waals surface area (Å²) in [6.07, 6.45) is 0. The Morgan fingerprint density at radius 3 is 2.21 bits per heavy atom. The van der Waals surface area contributed by atoms with E-state index in [9.17, 15) is 4.79 Å². The van der Waals surface area contributed by atoms with Crippen molar-refractivity contribution in [2.45, 2.75) is 20.8 Å². The summed E-state index contributed by atoms with van der Waals surface area (Å²) in [5.74, 6) is 0. The molecule has 3 aromatic rings. The van der Waals surface area contributed by atoms with Crippen LogP contribution in [0.25, 0.3) is 0 Å². The Morgan fingerprint density at radius 2 is 1.46 bits per heavy atom. The number of carbonyl (C=O) groups excluding carboxylic acids is 1. The molecule has 5 nitrogen and oxygen atoms in total. The normalized spacial score (nSPS) is 10.9. The molecule has 28 heavy (non-hydrogen) atoms. The summed E-state index contributed by atoms with van der Waals surface area (Å²) in [5, 5.41) is 14.8. The molecule has 0 saturated carbocycles. The van der Waals surface area contributed by atoms with Gasteiger partial charge in [-0.05, 0) is 68.3 Å². The van der Waals surface area contributed by atoms with Crippen molar-refractivity contribution in [2.75, 3.05) is 10.6 Å². The second kappa shape index (κ2) is 8.67. The van der Waals surface area contributed by atoms with Crippen molar-refractivity contribution in [3.8, 4) is 0 Å². The lowest BCUT2D eigenvalue weighted by atomic mass is 10.2. The lowest BCUT2D eigenvalue weighted by Gasteiger charge is -2.12. The van der Waals surface area contributed by atoms with E-state index in [4.69, 9.17) is 11.6 Å². The molecule has 0 fully saturated rings. The van der Waals surface area contributed by atoms with Crippen LogP contribution in [-0.4, -0.2) is 6.03 Å². The van der Waals surface area contributed by atoms with E-state index in [2.05, 4.69) is 20.9 Å². The van der Waals surface area contributed by atoms with Gasteiger partial charge in [-0.1, -0.05) is 41.4 Å². The summed E-state index contributed by atoms with van der Waals surface area (Å²) < 4.78 is 0. The summed E-state index contributed by atoms with van der Waals surface area (Å²) in [6.45, 7) is 5.87. The topological polar surface area (TPSA) is 65.8 Å². The molecule has 0 aliphatic carbocycles. The van der Waals surface area contributed by atoms with Crippen LogP contribution in [0.3, 0.4) is 0 Å². The van der Waals surface area contributed by atoms with E-state index in [0.717, 1.165) is 22.4 Å². The number of hydrogen-bond donors (Lipinski definition) is 2. The van der Waals surface area contributed by atoms with Crippen LogP contribution in [0.2, 0.25) is 5.02 Å². The molecule has 3 rings (SSSR count). The Labute approximate surface area is 169 Å². The molecule has 0 aliphatic heterocycles. The number of nitrogens with zero attached hydrogens (tertiary/aromatic N) is 2. The molecule has 0 radical (unpaired) electrons. The average Bonchev–Trinajstić information content (AvgIpc) is 2.65. The summed E-state index contributed by atoms with van der Waals surface area (Å²) >= 11 is 6.02. The largest absolute Gasteiger partial charge is 0.323 e. The monoisotopic (exact) mass is 392 g/mol. The number of urea groups is 1. The maximum atomic E-state index is 12.5. The molecule has 0 aromatic heterocycles. The van der Waals surface area contributed by atoms with Crippen molar-refractivity contribution >= 4 is 40.4 Å². The number of azo groups is 1. The highest BCUT2D eigenvalue weighted by Gasteiger charge is 2.09. The van der Waals surface area contributed by atoms with E-state index in [0.29, 0.717) is 22.1 Å². The second-order valence-electron chi connectivity index (χ2n) is 6.59. The van der Waals surface area contributed by atoms with Crippen LogP contribution in [0.4, 0.5) is 27.5 Å². The van der Waals surface area contributed by atoms with Gasteiger partial charge in [0.2, 0.25) is 0 Å². The molecule has 0 atom stereocenters. The van der Waals surface area contributed by atoms with Gasteiger partial charge in [0.15, 0.2) is 0 Å². The van der Waals surface area contributed by atoms with Gasteiger partial charge in [-0.15, -0.1) is 5.11 Å². The van der Waals surface area contributed by atoms with Crippen LogP contribution < -0.4 is 10.6 Å². The quantitative estimate of drug-likeness (QED) is 0.448. The van der Waals surface area contributed by atoms with Gasteiger partial charge in [-0.3, -0.25) is 0 Å². The molecule has 0 heterocycles. The molecule has 142 valence electrons. The van der Waals surface area contributed by atoms with E-state index in [-0.39, 0.29) is 6.03 Å². The van der Waals surface area contributed by atoms with Gasteiger partial charge in [0.1, 0.15) is 5.69 Å². The Morgan fingerprint density at radius 1 is 0.786 bits per heavy atom. The minimum Gasteiger partial charge on any atom is -0.307 e. The molecule has 0 unspecified atom stereocenters. The molecule has 0 aliphatic rings. The molecule has 0 bridgehead atoms. The molecule has 6 heteroatoms. The van der Waals surface area contributed by atoms with Crippen LogP contribution in [0.15, 0.2) is 70.9 Å². The first-order chi connectivity index (χ1) is 13.4. The molecule has 2 N–H and O–H groups in total. The first-order valence-corrected chi connectivity index (χ1v) is 9.22. The number of halogens is 1. The first-order valence-electron chi connectivity index (χ1n) is 8.84. The van der Waals surface area contributed by atoms with Crippen molar-refractivity contribution in [2.24, 2.45) is 10.2 Å². The maximum absolute atomic E-state index is 12.5. The third-order valence-corrected chi connectivity index (χ3v) is 4.39. The lowest BCUT2D eigenvalue weighted by molar-refractivity contribution is 0.262. The number of rotatable bonds is 4. The zero-order valence-corrected chi connectivity index (χ0v) is 16.7. The average molecular weight is 393 g/mol. The first kappa shape index (κ1) is 19.6. The van der Waals surface area contributed by atoms with Gasteiger partial charge in [0.05, 0.1) is 11.4 Å². The standard InChI is InChI=1S/C22H21ClN4O/c1-14-4-9-18(10-5-14)26-27-19-11-6-15(2)12-21(19)25-22(28)24-20-13-17(23)8-7-16(20)3/h4-13H,1-3H3,(H2,24,25,28)/b27-26+. The predicted molar refractivity (Wildman–Crippen MR) is 115 cm³/mol. The van der Waals surface area contributed by atoms with E-state index >= 15 is 0 Å². The molecule has 3 aromatic carbocycles. The summed E-state index contributed by atoms with van der Waals surface area (Å²) in [5.41, 5.74) is 5.63. The second-order valence-corrected chi connectivity index (χ2v) is 7.03. The smallest absolute Gasteiger partial charge is 0.307 e. The Hall–Kier alpha value is -3.18. The van der Waals surface area contributed by atoms with Crippen molar-refractivity contribution in [3.63, 3.8) is 0 Å². The van der Waals surface area contributed by atoms with Gasteiger partial charge in [-0.2, -0.15) is 5.11 Å². The van der Waals surface area contributed by atoms with Gasteiger partial charge in [-0.25, -0.2) is 4.79 Å². The number of benzene rings is 3. The number of nitrogens with one attached hydrogen (secondary N) is 2. The fraction of sp³-hybridized carbons (Fsp3) is 0.136. The van der Waals surface area contributed by atoms with E-state index < -0.39 is 0 Å². The summed E-state index contributed by atoms with van der Waals surface area (Å²) in [6, 6.07) is 18.3. The van der Waals surface area contributed by atoms with Crippen LogP contribution in [0, 0.1) is 20.8 Å². The molecular formula is C22H21ClN4O. The highest BCUT2D eigenvalue weighted by Crippen LogP contribution is 2.29. The zero-order valence-electron chi connectivity index (χ0n) is 16.0. The molecule has 0 saturated heterocycles. The zero-order chi connectivity index (χ0) is 20.1. The highest BCUT2D eigenvalue weighted by atomic mass is 35.5. The Balaban J connectivity index is 1.79. The Bertz CT molecular complexity index is 1030. The van der Waals surface area contributed by atoms with Gasteiger partial charge < -0.3 is 10.6 Å².